The number of nitrogens with one attached hydrogen (secondary N) is 2. The van der Waals surface area contributed by atoms with Gasteiger partial charge in [-0.3, -0.25) is 9.78 Å². The van der Waals surface area contributed by atoms with Crippen molar-refractivity contribution in [3.05, 3.63) is 52.9 Å². The van der Waals surface area contributed by atoms with Gasteiger partial charge in [-0.05, 0) is 81.8 Å². The van der Waals surface area contributed by atoms with E-state index in [0.29, 0.717) is 27.9 Å². The van der Waals surface area contributed by atoms with Gasteiger partial charge in [0.2, 0.25) is 0 Å². The van der Waals surface area contributed by atoms with E-state index in [4.69, 9.17) is 16.3 Å². The Morgan fingerprint density at radius 1 is 1.08 bits per heavy atom. The van der Waals surface area contributed by atoms with Gasteiger partial charge in [-0.25, -0.2) is 9.18 Å². The molecule has 1 amide bonds. The highest BCUT2D eigenvalue weighted by Gasteiger charge is 2.27. The van der Waals surface area contributed by atoms with Crippen LogP contribution in [0.4, 0.5) is 14.9 Å². The fraction of sp³-hybridized carbons (Fsp3) is 0.433. The molecule has 208 valence electrons. The smallest absolute Gasteiger partial charge is 0.407 e. The first-order valence-electron chi connectivity index (χ1n) is 13.2. The quantitative estimate of drug-likeness (QED) is 0.272. The van der Waals surface area contributed by atoms with Crippen molar-refractivity contribution in [1.82, 2.24) is 10.3 Å². The Labute approximate surface area is 233 Å². The van der Waals surface area contributed by atoms with Gasteiger partial charge in [0, 0.05) is 29.6 Å². The van der Waals surface area contributed by atoms with E-state index in [1.165, 1.54) is 12.1 Å². The molecule has 39 heavy (non-hydrogen) atoms. The van der Waals surface area contributed by atoms with E-state index in [9.17, 15) is 19.1 Å². The van der Waals surface area contributed by atoms with Gasteiger partial charge in [0.25, 0.3) is 0 Å². The van der Waals surface area contributed by atoms with E-state index in [0.717, 1.165) is 31.1 Å². The number of phenolic OH excluding ortho intramolecular Hbond substituents is 1. The van der Waals surface area contributed by atoms with Crippen molar-refractivity contribution >= 4 is 40.1 Å². The predicted molar refractivity (Wildman–Crippen MR) is 152 cm³/mol. The van der Waals surface area contributed by atoms with Gasteiger partial charge in [-0.1, -0.05) is 31.5 Å². The number of hydrogen-bond acceptors (Lipinski definition) is 6. The van der Waals surface area contributed by atoms with Gasteiger partial charge in [0.15, 0.2) is 17.3 Å². The van der Waals surface area contributed by atoms with E-state index < -0.39 is 23.3 Å². The third kappa shape index (κ3) is 6.79. The minimum absolute atomic E-state index is 0.0181. The van der Waals surface area contributed by atoms with E-state index in [-0.39, 0.29) is 28.8 Å². The number of carbonyl (C=O) groups is 2. The molecule has 1 aromatic heterocycles. The average molecular weight is 556 g/mol. The van der Waals surface area contributed by atoms with E-state index in [1.54, 1.807) is 12.3 Å². The number of Topliss-reactive ketones (excluding diaryl/α,β-unsaturated/α-hetero) is 1. The number of ketones is 1. The van der Waals surface area contributed by atoms with Gasteiger partial charge >= 0.3 is 6.09 Å². The molecule has 0 radical (unpaired) electrons. The lowest BCUT2D eigenvalue weighted by Gasteiger charge is -2.31. The van der Waals surface area contributed by atoms with Gasteiger partial charge in [0.1, 0.15) is 5.60 Å². The van der Waals surface area contributed by atoms with Crippen molar-refractivity contribution < 1.29 is 23.8 Å². The zero-order valence-electron chi connectivity index (χ0n) is 22.9. The summed E-state index contributed by atoms with van der Waals surface area (Å²) in [5.74, 6) is -1.66. The second kappa shape index (κ2) is 11.4. The number of benzene rings is 2. The lowest BCUT2D eigenvalue weighted by molar-refractivity contribution is 0.0492. The van der Waals surface area contributed by atoms with Crippen molar-refractivity contribution in [2.75, 3.05) is 5.32 Å². The molecule has 0 atom stereocenters. The molecular formula is C30H35ClFN3O4. The van der Waals surface area contributed by atoms with Crippen LogP contribution in [0.2, 0.25) is 5.02 Å². The molecule has 1 aliphatic rings. The Kier molecular flexibility index (Phi) is 8.35. The van der Waals surface area contributed by atoms with Crippen LogP contribution in [-0.4, -0.2) is 39.7 Å². The van der Waals surface area contributed by atoms with Crippen LogP contribution in [0.25, 0.3) is 22.0 Å². The maximum Gasteiger partial charge on any atom is 0.407 e. The summed E-state index contributed by atoms with van der Waals surface area (Å²) in [7, 11) is 0. The monoisotopic (exact) mass is 555 g/mol. The molecule has 0 bridgehead atoms. The molecule has 3 aromatic rings. The second-order valence-corrected chi connectivity index (χ2v) is 11.8. The molecule has 1 fully saturated rings. The normalized spacial score (nSPS) is 17.7. The number of rotatable bonds is 6. The first kappa shape index (κ1) is 28.6. The number of fused-ring (bicyclic) bond motifs is 1. The van der Waals surface area contributed by atoms with Gasteiger partial charge in [0.05, 0.1) is 21.8 Å². The molecule has 7 nitrogen and oxygen atoms in total. The van der Waals surface area contributed by atoms with Crippen molar-refractivity contribution in [2.24, 2.45) is 5.92 Å². The zero-order chi connectivity index (χ0) is 28.5. The molecule has 1 aliphatic carbocycles. The molecular weight excluding hydrogens is 521 g/mol. The summed E-state index contributed by atoms with van der Waals surface area (Å²) in [6.45, 7) is 9.20. The summed E-state index contributed by atoms with van der Waals surface area (Å²) in [5, 5.41) is 17.0. The van der Waals surface area contributed by atoms with Gasteiger partial charge in [-0.15, -0.1) is 0 Å². The van der Waals surface area contributed by atoms with Crippen LogP contribution in [0.1, 0.15) is 70.7 Å². The number of carbonyl (C=O) groups excluding carboxylic acids is 2. The summed E-state index contributed by atoms with van der Waals surface area (Å²) < 4.78 is 19.6. The highest BCUT2D eigenvalue weighted by atomic mass is 35.5. The number of aromatic hydroxyl groups is 1. The van der Waals surface area contributed by atoms with Crippen molar-refractivity contribution in [3.63, 3.8) is 0 Å². The van der Waals surface area contributed by atoms with Crippen molar-refractivity contribution in [3.8, 4) is 16.9 Å². The second-order valence-electron chi connectivity index (χ2n) is 11.4. The van der Waals surface area contributed by atoms with Gasteiger partial charge < -0.3 is 20.5 Å². The molecule has 4 rings (SSSR count). The van der Waals surface area contributed by atoms with Crippen LogP contribution in [0.15, 0.2) is 36.5 Å². The van der Waals surface area contributed by atoms with E-state index >= 15 is 0 Å². The number of ether oxygens (including phenoxy) is 1. The first-order valence-corrected chi connectivity index (χ1v) is 13.6. The lowest BCUT2D eigenvalue weighted by atomic mass is 9.90. The van der Waals surface area contributed by atoms with E-state index in [1.807, 2.05) is 46.8 Å². The Morgan fingerprint density at radius 3 is 2.36 bits per heavy atom. The van der Waals surface area contributed by atoms with Crippen LogP contribution >= 0.6 is 11.6 Å². The summed E-state index contributed by atoms with van der Waals surface area (Å²) in [6.07, 6.45) is 4.31. The van der Waals surface area contributed by atoms with Crippen LogP contribution in [-0.2, 0) is 4.74 Å². The summed E-state index contributed by atoms with van der Waals surface area (Å²) in [6, 6.07) is 8.31. The number of pyridine rings is 1. The minimum atomic E-state index is -0.811. The number of hydrogen-bond donors (Lipinski definition) is 3. The molecule has 0 saturated heterocycles. The Bertz CT molecular complexity index is 1370. The maximum absolute atomic E-state index is 14.2. The average Bonchev–Trinajstić information content (AvgIpc) is 2.86. The topological polar surface area (TPSA) is 101 Å². The molecule has 1 saturated carbocycles. The number of phenols is 1. The molecule has 0 spiro atoms. The summed E-state index contributed by atoms with van der Waals surface area (Å²) in [5.41, 5.74) is 2.49. The van der Waals surface area contributed by atoms with Crippen molar-refractivity contribution in [2.45, 2.75) is 78.0 Å². The lowest BCUT2D eigenvalue weighted by Crippen LogP contribution is -2.42. The molecule has 3 N–H and O–H groups in total. The number of anilines is 1. The number of alkyl carbamates (subject to hydrolysis) is 1. The van der Waals surface area contributed by atoms with E-state index in [2.05, 4.69) is 15.6 Å². The third-order valence-electron chi connectivity index (χ3n) is 6.80. The van der Waals surface area contributed by atoms with Crippen LogP contribution in [0.5, 0.6) is 5.75 Å². The zero-order valence-corrected chi connectivity index (χ0v) is 23.7. The molecule has 2 aromatic carbocycles. The number of nitrogens with zero attached hydrogens (tertiary/aromatic N) is 1. The molecule has 0 aliphatic heterocycles. The molecule has 1 heterocycles. The Hall–Kier alpha value is -3.39. The molecule has 9 heteroatoms. The maximum atomic E-state index is 14.2. The first-order chi connectivity index (χ1) is 18.3. The minimum Gasteiger partial charge on any atom is -0.504 e. The number of halogens is 2. The third-order valence-corrected chi connectivity index (χ3v) is 7.09. The Balaban J connectivity index is 1.63. The van der Waals surface area contributed by atoms with Gasteiger partial charge in [-0.2, -0.15) is 0 Å². The summed E-state index contributed by atoms with van der Waals surface area (Å²) in [4.78, 5) is 29.9. The SMILES string of the molecule is CC(C)C(=O)c1cnc2ccc(-c3cc(F)c(O)c(Cl)c3)cc2c1NC1CCC(NC(=O)OC(C)(C)C)CC1. The van der Waals surface area contributed by atoms with Crippen LogP contribution < -0.4 is 10.6 Å². The largest absolute Gasteiger partial charge is 0.504 e. The number of aromatic nitrogens is 1. The fourth-order valence-electron chi connectivity index (χ4n) is 4.82. The number of amides is 1. The summed E-state index contributed by atoms with van der Waals surface area (Å²) >= 11 is 6.03. The Morgan fingerprint density at radius 2 is 1.74 bits per heavy atom. The fourth-order valence-corrected chi connectivity index (χ4v) is 5.03. The standard InChI is InChI=1S/C30H35ClFN3O4/c1-16(2)27(36)22-15-33-25-11-6-17(18-13-23(31)28(37)24(32)14-18)12-21(25)26(22)34-19-7-9-20(10-8-19)35-29(38)39-30(3,4)5/h6,11-16,19-20,37H,7-10H2,1-5H3,(H,33,34)(H,35,38). The highest BCUT2D eigenvalue weighted by molar-refractivity contribution is 6.32. The predicted octanol–water partition coefficient (Wildman–Crippen LogP) is 7.49. The molecule has 0 unspecified atom stereocenters. The van der Waals surface area contributed by atoms with Crippen LogP contribution in [0.3, 0.4) is 0 Å². The highest BCUT2D eigenvalue weighted by Crippen LogP contribution is 2.36. The van der Waals surface area contributed by atoms with Crippen LogP contribution in [0, 0.1) is 11.7 Å². The van der Waals surface area contributed by atoms with Crippen molar-refractivity contribution in [1.29, 1.82) is 0 Å².